The van der Waals surface area contributed by atoms with Crippen molar-refractivity contribution in [3.63, 3.8) is 0 Å². The second-order valence-corrected chi connectivity index (χ2v) is 5.70. The van der Waals surface area contributed by atoms with Crippen LogP contribution in [0.15, 0.2) is 48.1 Å². The molecule has 4 nitrogen and oxygen atoms in total. The van der Waals surface area contributed by atoms with Crippen molar-refractivity contribution in [2.75, 3.05) is 0 Å². The highest BCUT2D eigenvalue weighted by molar-refractivity contribution is 7.12. The molecule has 2 aromatic heterocycles. The van der Waals surface area contributed by atoms with Gasteiger partial charge in [-0.15, -0.1) is 11.3 Å². The minimum absolute atomic E-state index is 0.0633. The lowest BCUT2D eigenvalue weighted by atomic mass is 10.2. The Labute approximate surface area is 135 Å². The molecule has 3 aromatic rings. The molecule has 0 spiro atoms. The third-order valence-electron chi connectivity index (χ3n) is 3.23. The first-order valence-corrected chi connectivity index (χ1v) is 7.79. The molecule has 1 N–H and O–H groups in total. The molecule has 0 bridgehead atoms. The normalized spacial score (nSPS) is 10.7. The largest absolute Gasteiger partial charge is 0.351 e. The van der Waals surface area contributed by atoms with Crippen molar-refractivity contribution in [1.82, 2.24) is 14.9 Å². The Kier molecular flexibility index (Phi) is 4.47. The van der Waals surface area contributed by atoms with Crippen LogP contribution in [0, 0.1) is 11.6 Å². The van der Waals surface area contributed by atoms with Crippen LogP contribution < -0.4 is 5.32 Å². The van der Waals surface area contributed by atoms with E-state index in [2.05, 4.69) is 10.3 Å². The number of aromatic nitrogens is 2. The van der Waals surface area contributed by atoms with Crippen molar-refractivity contribution >= 4 is 17.2 Å². The molecule has 23 heavy (non-hydrogen) atoms. The van der Waals surface area contributed by atoms with Gasteiger partial charge in [-0.3, -0.25) is 4.79 Å². The molecule has 3 rings (SSSR count). The molecule has 0 radical (unpaired) electrons. The highest BCUT2D eigenvalue weighted by Gasteiger charge is 2.12. The molecule has 0 saturated heterocycles. The fraction of sp³-hybridized carbons (Fsp3) is 0.125. The molecule has 0 aliphatic rings. The topological polar surface area (TPSA) is 46.9 Å². The van der Waals surface area contributed by atoms with Crippen molar-refractivity contribution < 1.29 is 13.6 Å². The maximum absolute atomic E-state index is 13.5. The average Bonchev–Trinajstić information content (AvgIpc) is 3.17. The minimum atomic E-state index is -0.672. The Morgan fingerprint density at radius 3 is 2.57 bits per heavy atom. The van der Waals surface area contributed by atoms with E-state index >= 15 is 0 Å². The first-order chi connectivity index (χ1) is 11.1. The van der Waals surface area contributed by atoms with Gasteiger partial charge in [0, 0.05) is 29.9 Å². The molecule has 7 heteroatoms. The predicted molar refractivity (Wildman–Crippen MR) is 83.3 cm³/mol. The van der Waals surface area contributed by atoms with Crippen molar-refractivity contribution in [3.8, 4) is 5.13 Å². The zero-order chi connectivity index (χ0) is 16.2. The molecular formula is C16H13F2N3OS. The van der Waals surface area contributed by atoms with Crippen molar-refractivity contribution in [1.29, 1.82) is 0 Å². The number of thiazole rings is 1. The van der Waals surface area contributed by atoms with Gasteiger partial charge in [-0.1, -0.05) is 6.07 Å². The van der Waals surface area contributed by atoms with Crippen LogP contribution in [0.5, 0.6) is 0 Å². The SMILES string of the molecule is O=C(Cc1csc(-n2cccc2)n1)NCc1c(F)cccc1F. The van der Waals surface area contributed by atoms with Gasteiger partial charge in [0.15, 0.2) is 5.13 Å². The fourth-order valence-corrected chi connectivity index (χ4v) is 2.86. The number of nitrogens with zero attached hydrogens (tertiary/aromatic N) is 2. The van der Waals surface area contributed by atoms with Crippen LogP contribution in [0.25, 0.3) is 5.13 Å². The second kappa shape index (κ2) is 6.70. The first-order valence-electron chi connectivity index (χ1n) is 6.91. The van der Waals surface area contributed by atoms with E-state index in [1.807, 2.05) is 29.1 Å². The first kappa shape index (κ1) is 15.4. The predicted octanol–water partition coefficient (Wildman–Crippen LogP) is 3.07. The van der Waals surface area contributed by atoms with Crippen LogP contribution in [0.2, 0.25) is 0 Å². The lowest BCUT2D eigenvalue weighted by Gasteiger charge is -2.06. The molecule has 1 amide bonds. The molecular weight excluding hydrogens is 320 g/mol. The summed E-state index contributed by atoms with van der Waals surface area (Å²) in [6.07, 6.45) is 3.79. The van der Waals surface area contributed by atoms with Gasteiger partial charge in [0.25, 0.3) is 0 Å². The maximum Gasteiger partial charge on any atom is 0.226 e. The minimum Gasteiger partial charge on any atom is -0.351 e. The van der Waals surface area contributed by atoms with E-state index in [0.29, 0.717) is 5.69 Å². The smallest absolute Gasteiger partial charge is 0.226 e. The standard InChI is InChI=1S/C16H13F2N3OS/c17-13-4-3-5-14(18)12(13)9-19-15(22)8-11-10-23-16(20-11)21-6-1-2-7-21/h1-7,10H,8-9H2,(H,19,22). The van der Waals surface area contributed by atoms with Crippen LogP contribution in [-0.4, -0.2) is 15.5 Å². The van der Waals surface area contributed by atoms with Crippen LogP contribution in [0.4, 0.5) is 8.78 Å². The van der Waals surface area contributed by atoms with Gasteiger partial charge in [0.1, 0.15) is 11.6 Å². The summed E-state index contributed by atoms with van der Waals surface area (Å²) >= 11 is 1.42. The molecule has 2 heterocycles. The summed E-state index contributed by atoms with van der Waals surface area (Å²) in [6.45, 7) is -0.189. The highest BCUT2D eigenvalue weighted by atomic mass is 32.1. The van der Waals surface area contributed by atoms with Crippen LogP contribution in [-0.2, 0) is 17.8 Å². The summed E-state index contributed by atoms with van der Waals surface area (Å²) in [7, 11) is 0. The van der Waals surface area contributed by atoms with E-state index < -0.39 is 11.6 Å². The van der Waals surface area contributed by atoms with E-state index in [9.17, 15) is 13.6 Å². The molecule has 0 aliphatic carbocycles. The Bertz CT molecular complexity index is 794. The summed E-state index contributed by atoms with van der Waals surface area (Å²) < 4.78 is 28.8. The van der Waals surface area contributed by atoms with Gasteiger partial charge in [0.05, 0.1) is 12.1 Å². The van der Waals surface area contributed by atoms with Crippen molar-refractivity contribution in [2.45, 2.75) is 13.0 Å². The molecule has 0 saturated carbocycles. The van der Waals surface area contributed by atoms with E-state index in [1.165, 1.54) is 17.4 Å². The van der Waals surface area contributed by atoms with E-state index in [-0.39, 0.29) is 24.4 Å². The molecule has 0 aliphatic heterocycles. The van der Waals surface area contributed by atoms with E-state index in [0.717, 1.165) is 17.3 Å². The van der Waals surface area contributed by atoms with Gasteiger partial charge in [-0.2, -0.15) is 0 Å². The Hall–Kier alpha value is -2.54. The molecule has 0 unspecified atom stereocenters. The van der Waals surface area contributed by atoms with Gasteiger partial charge >= 0.3 is 0 Å². The van der Waals surface area contributed by atoms with Gasteiger partial charge in [-0.25, -0.2) is 13.8 Å². The zero-order valence-electron chi connectivity index (χ0n) is 12.0. The Morgan fingerprint density at radius 1 is 1.17 bits per heavy atom. The molecule has 0 fully saturated rings. The van der Waals surface area contributed by atoms with Crippen LogP contribution >= 0.6 is 11.3 Å². The van der Waals surface area contributed by atoms with Crippen molar-refractivity contribution in [3.05, 3.63) is 71.0 Å². The van der Waals surface area contributed by atoms with Crippen LogP contribution in [0.1, 0.15) is 11.3 Å². The number of nitrogens with one attached hydrogen (secondary N) is 1. The van der Waals surface area contributed by atoms with Gasteiger partial charge in [0.2, 0.25) is 5.91 Å². The molecule has 1 aromatic carbocycles. The summed E-state index contributed by atoms with van der Waals surface area (Å²) in [6, 6.07) is 7.38. The number of hydrogen-bond donors (Lipinski definition) is 1. The van der Waals surface area contributed by atoms with Crippen molar-refractivity contribution in [2.24, 2.45) is 0 Å². The van der Waals surface area contributed by atoms with Gasteiger partial charge < -0.3 is 9.88 Å². The fourth-order valence-electron chi connectivity index (χ4n) is 2.07. The van der Waals surface area contributed by atoms with E-state index in [1.54, 1.807) is 5.38 Å². The van der Waals surface area contributed by atoms with E-state index in [4.69, 9.17) is 0 Å². The number of benzene rings is 1. The number of hydrogen-bond acceptors (Lipinski definition) is 3. The number of carbonyl (C=O) groups excluding carboxylic acids is 1. The maximum atomic E-state index is 13.5. The summed E-state index contributed by atoms with van der Waals surface area (Å²) in [5.74, 6) is -1.68. The highest BCUT2D eigenvalue weighted by Crippen LogP contribution is 2.16. The summed E-state index contributed by atoms with van der Waals surface area (Å²) in [4.78, 5) is 16.3. The average molecular weight is 333 g/mol. The number of rotatable bonds is 5. The van der Waals surface area contributed by atoms with Gasteiger partial charge in [-0.05, 0) is 24.3 Å². The quantitative estimate of drug-likeness (QED) is 0.780. The molecule has 0 atom stereocenters. The zero-order valence-corrected chi connectivity index (χ0v) is 12.8. The Balaban J connectivity index is 1.60. The number of halogens is 2. The lowest BCUT2D eigenvalue weighted by Crippen LogP contribution is -2.25. The second-order valence-electron chi connectivity index (χ2n) is 4.87. The van der Waals surface area contributed by atoms with Crippen LogP contribution in [0.3, 0.4) is 0 Å². The number of amides is 1. The summed E-state index contributed by atoms with van der Waals surface area (Å²) in [5.41, 5.74) is 0.470. The molecule has 118 valence electrons. The third kappa shape index (κ3) is 3.62. The lowest BCUT2D eigenvalue weighted by molar-refractivity contribution is -0.120. The Morgan fingerprint density at radius 2 is 1.87 bits per heavy atom. The monoisotopic (exact) mass is 333 g/mol. The summed E-state index contributed by atoms with van der Waals surface area (Å²) in [5, 5.41) is 5.06. The third-order valence-corrected chi connectivity index (χ3v) is 4.13. The number of carbonyl (C=O) groups is 1.